The van der Waals surface area contributed by atoms with Gasteiger partial charge in [-0.25, -0.2) is 4.39 Å². The number of rotatable bonds is 4. The van der Waals surface area contributed by atoms with Crippen LogP contribution in [0.15, 0.2) is 18.5 Å². The van der Waals surface area contributed by atoms with E-state index < -0.39 is 24.2 Å². The van der Waals surface area contributed by atoms with E-state index in [1.807, 2.05) is 0 Å². The Hall–Kier alpha value is -1.46. The normalized spacial score (nSPS) is 11.5. The summed E-state index contributed by atoms with van der Waals surface area (Å²) in [4.78, 5) is 14.8. The van der Waals surface area contributed by atoms with Gasteiger partial charge in [0.1, 0.15) is 5.82 Å². The van der Waals surface area contributed by atoms with Crippen LogP contribution < -0.4 is 0 Å². The molecule has 1 aromatic rings. The van der Waals surface area contributed by atoms with Gasteiger partial charge in [-0.1, -0.05) is 0 Å². The zero-order chi connectivity index (χ0) is 12.2. The van der Waals surface area contributed by atoms with E-state index in [0.29, 0.717) is 0 Å². The van der Waals surface area contributed by atoms with Gasteiger partial charge in [0, 0.05) is 24.6 Å². The second-order valence-electron chi connectivity index (χ2n) is 3.28. The number of aromatic nitrogens is 1. The van der Waals surface area contributed by atoms with Crippen molar-refractivity contribution in [3.8, 4) is 0 Å². The van der Waals surface area contributed by atoms with E-state index in [2.05, 4.69) is 4.98 Å². The predicted octanol–water partition coefficient (Wildman–Crippen LogP) is 3.14. The van der Waals surface area contributed by atoms with Crippen molar-refractivity contribution >= 4 is 5.78 Å². The lowest BCUT2D eigenvalue weighted by Gasteiger charge is -2.05. The van der Waals surface area contributed by atoms with Crippen molar-refractivity contribution < 1.29 is 22.4 Å². The van der Waals surface area contributed by atoms with Crippen molar-refractivity contribution in [3.63, 3.8) is 0 Å². The highest BCUT2D eigenvalue weighted by molar-refractivity contribution is 5.95. The minimum absolute atomic E-state index is 0.00201. The molecule has 0 saturated heterocycles. The first-order valence-electron chi connectivity index (χ1n) is 4.59. The van der Waals surface area contributed by atoms with E-state index in [0.717, 1.165) is 18.5 Å². The van der Waals surface area contributed by atoms with E-state index in [4.69, 9.17) is 0 Å². The Morgan fingerprint density at radius 2 is 2.00 bits per heavy atom. The van der Waals surface area contributed by atoms with Crippen LogP contribution in [0.1, 0.15) is 29.6 Å². The molecular formula is C10H9F4NO. The molecule has 0 aliphatic carbocycles. The number of ketones is 1. The van der Waals surface area contributed by atoms with Crippen LogP contribution in [0.2, 0.25) is 0 Å². The number of carbonyl (C=O) groups excluding carboxylic acids is 1. The summed E-state index contributed by atoms with van der Waals surface area (Å²) in [6.45, 7) is 0. The summed E-state index contributed by atoms with van der Waals surface area (Å²) in [5, 5.41) is 0. The van der Waals surface area contributed by atoms with E-state index in [1.165, 1.54) is 0 Å². The minimum atomic E-state index is -4.26. The quantitative estimate of drug-likeness (QED) is 0.592. The monoisotopic (exact) mass is 235 g/mol. The standard InChI is InChI=1S/C10H9F4NO/c11-8-4-7(5-15-6-8)9(16)2-1-3-10(12,13)14/h4-6H,1-3H2. The molecule has 2 nitrogen and oxygen atoms in total. The Labute approximate surface area is 89.3 Å². The maximum atomic E-state index is 12.6. The van der Waals surface area contributed by atoms with Gasteiger partial charge in [0.25, 0.3) is 0 Å². The van der Waals surface area contributed by atoms with Crippen LogP contribution >= 0.6 is 0 Å². The van der Waals surface area contributed by atoms with Crippen molar-refractivity contribution in [2.75, 3.05) is 0 Å². The zero-order valence-electron chi connectivity index (χ0n) is 8.22. The van der Waals surface area contributed by atoms with E-state index in [9.17, 15) is 22.4 Å². The maximum Gasteiger partial charge on any atom is 0.389 e. The minimum Gasteiger partial charge on any atom is -0.294 e. The topological polar surface area (TPSA) is 30.0 Å². The molecule has 1 rings (SSSR count). The average molecular weight is 235 g/mol. The largest absolute Gasteiger partial charge is 0.389 e. The fourth-order valence-corrected chi connectivity index (χ4v) is 1.16. The third kappa shape index (κ3) is 4.37. The average Bonchev–Trinajstić information content (AvgIpc) is 2.15. The molecule has 0 saturated carbocycles. The van der Waals surface area contributed by atoms with Gasteiger partial charge in [-0.3, -0.25) is 9.78 Å². The number of nitrogens with zero attached hydrogens (tertiary/aromatic N) is 1. The van der Waals surface area contributed by atoms with Crippen molar-refractivity contribution in [2.24, 2.45) is 0 Å². The molecule has 0 aromatic carbocycles. The molecule has 0 fully saturated rings. The summed E-state index contributed by atoms with van der Waals surface area (Å²) in [5.41, 5.74) is 0.00201. The lowest BCUT2D eigenvalue weighted by molar-refractivity contribution is -0.135. The van der Waals surface area contributed by atoms with Gasteiger partial charge in [0.15, 0.2) is 5.78 Å². The molecule has 16 heavy (non-hydrogen) atoms. The molecule has 1 heterocycles. The molecular weight excluding hydrogens is 226 g/mol. The Morgan fingerprint density at radius 1 is 1.31 bits per heavy atom. The lowest BCUT2D eigenvalue weighted by Crippen LogP contribution is -2.08. The third-order valence-electron chi connectivity index (χ3n) is 1.89. The van der Waals surface area contributed by atoms with E-state index in [1.54, 1.807) is 0 Å². The van der Waals surface area contributed by atoms with E-state index >= 15 is 0 Å². The van der Waals surface area contributed by atoms with Crippen LogP contribution in [0.3, 0.4) is 0 Å². The van der Waals surface area contributed by atoms with Gasteiger partial charge in [0.2, 0.25) is 0 Å². The van der Waals surface area contributed by atoms with Crippen LogP contribution in [0.5, 0.6) is 0 Å². The van der Waals surface area contributed by atoms with Crippen LogP contribution in [0, 0.1) is 5.82 Å². The molecule has 0 radical (unpaired) electrons. The predicted molar refractivity (Wildman–Crippen MR) is 48.4 cm³/mol. The van der Waals surface area contributed by atoms with Crippen LogP contribution in [-0.2, 0) is 0 Å². The molecule has 0 atom stereocenters. The molecule has 88 valence electrons. The number of halogens is 4. The number of alkyl halides is 3. The summed E-state index contributed by atoms with van der Waals surface area (Å²) >= 11 is 0. The van der Waals surface area contributed by atoms with Crippen LogP contribution in [-0.4, -0.2) is 16.9 Å². The number of carbonyl (C=O) groups is 1. The fourth-order valence-electron chi connectivity index (χ4n) is 1.16. The number of hydrogen-bond acceptors (Lipinski definition) is 2. The van der Waals surface area contributed by atoms with Gasteiger partial charge >= 0.3 is 6.18 Å². The summed E-state index contributed by atoms with van der Waals surface area (Å²) < 4.78 is 48.0. The summed E-state index contributed by atoms with van der Waals surface area (Å²) in [5.74, 6) is -1.21. The van der Waals surface area contributed by atoms with Crippen molar-refractivity contribution in [3.05, 3.63) is 29.8 Å². The fraction of sp³-hybridized carbons (Fsp3) is 0.400. The van der Waals surface area contributed by atoms with Gasteiger partial charge in [-0.05, 0) is 12.5 Å². The molecule has 0 N–H and O–H groups in total. The summed E-state index contributed by atoms with van der Waals surface area (Å²) in [7, 11) is 0. The highest BCUT2D eigenvalue weighted by Crippen LogP contribution is 2.22. The molecule has 0 aliphatic rings. The van der Waals surface area contributed by atoms with Gasteiger partial charge in [-0.2, -0.15) is 13.2 Å². The van der Waals surface area contributed by atoms with Gasteiger partial charge in [0.05, 0.1) is 6.20 Å². The van der Waals surface area contributed by atoms with Crippen LogP contribution in [0.25, 0.3) is 0 Å². The molecule has 0 unspecified atom stereocenters. The summed E-state index contributed by atoms with van der Waals surface area (Å²) in [6.07, 6.45) is -3.77. The Balaban J connectivity index is 2.47. The molecule has 1 aromatic heterocycles. The van der Waals surface area contributed by atoms with Crippen molar-refractivity contribution in [1.29, 1.82) is 0 Å². The first kappa shape index (κ1) is 12.6. The van der Waals surface area contributed by atoms with E-state index in [-0.39, 0.29) is 18.4 Å². The lowest BCUT2D eigenvalue weighted by atomic mass is 10.1. The maximum absolute atomic E-state index is 12.6. The SMILES string of the molecule is O=C(CCCC(F)(F)F)c1cncc(F)c1. The number of Topliss-reactive ketones (excluding diaryl/α,β-unsaturated/α-hetero) is 1. The smallest absolute Gasteiger partial charge is 0.294 e. The van der Waals surface area contributed by atoms with Gasteiger partial charge in [-0.15, -0.1) is 0 Å². The summed E-state index contributed by atoms with van der Waals surface area (Å²) in [6, 6.07) is 0.961. The van der Waals surface area contributed by atoms with Gasteiger partial charge < -0.3 is 0 Å². The van der Waals surface area contributed by atoms with Crippen molar-refractivity contribution in [1.82, 2.24) is 4.98 Å². The number of hydrogen-bond donors (Lipinski definition) is 0. The second kappa shape index (κ2) is 5.05. The molecule has 0 spiro atoms. The highest BCUT2D eigenvalue weighted by Gasteiger charge is 2.26. The third-order valence-corrected chi connectivity index (χ3v) is 1.89. The first-order valence-corrected chi connectivity index (χ1v) is 4.59. The highest BCUT2D eigenvalue weighted by atomic mass is 19.4. The Bertz CT molecular complexity index is 375. The molecule has 0 amide bonds. The number of pyridine rings is 1. The van der Waals surface area contributed by atoms with Crippen molar-refractivity contribution in [2.45, 2.75) is 25.4 Å². The second-order valence-corrected chi connectivity index (χ2v) is 3.28. The van der Waals surface area contributed by atoms with Crippen LogP contribution in [0.4, 0.5) is 17.6 Å². The molecule has 6 heteroatoms. The molecule has 0 bridgehead atoms. The first-order chi connectivity index (χ1) is 7.38. The zero-order valence-corrected chi connectivity index (χ0v) is 8.22. The Morgan fingerprint density at radius 3 is 2.56 bits per heavy atom. The Kier molecular flexibility index (Phi) is 3.98. The molecule has 0 aliphatic heterocycles.